The predicted molar refractivity (Wildman–Crippen MR) is 141 cm³/mol. The van der Waals surface area contributed by atoms with E-state index in [1.807, 2.05) is 6.08 Å². The van der Waals surface area contributed by atoms with Crippen LogP contribution < -0.4 is 10.4 Å². The summed E-state index contributed by atoms with van der Waals surface area (Å²) in [6, 6.07) is 21.6. The lowest BCUT2D eigenvalue weighted by molar-refractivity contribution is -0.146. The Hall–Kier alpha value is -2.37. The molecule has 0 bridgehead atoms. The standard InChI is InChI=1S/C29H40O4Si/c1-23(21-26-22-25(18-20-31-26)33-24(2)30)13-12-19-32-34(29(3,4)5,27-14-8-6-9-15-27)28-16-10-7-11-17-28/h6-11,14-18,20,23,25-26H,12-13,19,21-22H2,1-5H3/t23-,25+,26+/m0/s1. The van der Waals surface area contributed by atoms with Gasteiger partial charge in [-0.25, -0.2) is 0 Å². The van der Waals surface area contributed by atoms with Gasteiger partial charge in [0.25, 0.3) is 8.32 Å². The van der Waals surface area contributed by atoms with Crippen LogP contribution in [0.2, 0.25) is 5.04 Å². The van der Waals surface area contributed by atoms with E-state index in [2.05, 4.69) is 88.4 Å². The van der Waals surface area contributed by atoms with E-state index < -0.39 is 8.32 Å². The van der Waals surface area contributed by atoms with Gasteiger partial charge in [-0.2, -0.15) is 0 Å². The number of benzene rings is 2. The molecule has 3 rings (SSSR count). The first-order valence-corrected chi connectivity index (χ1v) is 14.4. The largest absolute Gasteiger partial charge is 0.498 e. The summed E-state index contributed by atoms with van der Waals surface area (Å²) in [6.45, 7) is 11.4. The summed E-state index contributed by atoms with van der Waals surface area (Å²) in [6.07, 6.45) is 7.15. The minimum atomic E-state index is -2.47. The number of hydrogen-bond donors (Lipinski definition) is 0. The van der Waals surface area contributed by atoms with Crippen molar-refractivity contribution in [2.24, 2.45) is 5.92 Å². The molecule has 3 atom stereocenters. The molecule has 0 saturated carbocycles. The Morgan fingerprint density at radius 2 is 1.65 bits per heavy atom. The van der Waals surface area contributed by atoms with Crippen molar-refractivity contribution in [3.63, 3.8) is 0 Å². The van der Waals surface area contributed by atoms with Crippen molar-refractivity contribution in [2.75, 3.05) is 6.61 Å². The van der Waals surface area contributed by atoms with Gasteiger partial charge >= 0.3 is 5.97 Å². The van der Waals surface area contributed by atoms with E-state index in [4.69, 9.17) is 13.9 Å². The van der Waals surface area contributed by atoms with Crippen LogP contribution in [0.25, 0.3) is 0 Å². The van der Waals surface area contributed by atoms with E-state index in [1.54, 1.807) is 6.26 Å². The van der Waals surface area contributed by atoms with Crippen LogP contribution in [0.3, 0.4) is 0 Å². The molecule has 184 valence electrons. The Balaban J connectivity index is 1.63. The molecule has 1 aliphatic rings. The second-order valence-corrected chi connectivity index (χ2v) is 14.8. The highest BCUT2D eigenvalue weighted by atomic mass is 28.4. The summed E-state index contributed by atoms with van der Waals surface area (Å²) in [4.78, 5) is 11.3. The zero-order valence-electron chi connectivity index (χ0n) is 21.3. The van der Waals surface area contributed by atoms with Crippen molar-refractivity contribution in [1.29, 1.82) is 0 Å². The van der Waals surface area contributed by atoms with Crippen molar-refractivity contribution in [2.45, 2.75) is 77.5 Å². The van der Waals surface area contributed by atoms with Gasteiger partial charge in [-0.15, -0.1) is 0 Å². The second-order valence-electron chi connectivity index (χ2n) is 10.5. The van der Waals surface area contributed by atoms with E-state index in [9.17, 15) is 4.79 Å². The third kappa shape index (κ3) is 6.61. The minimum Gasteiger partial charge on any atom is -0.498 e. The first-order valence-electron chi connectivity index (χ1n) is 12.5. The molecule has 0 N–H and O–H groups in total. The van der Waals surface area contributed by atoms with Crippen LogP contribution in [-0.4, -0.2) is 33.1 Å². The molecule has 4 nitrogen and oxygen atoms in total. The first kappa shape index (κ1) is 26.2. The van der Waals surface area contributed by atoms with E-state index in [-0.39, 0.29) is 23.2 Å². The van der Waals surface area contributed by atoms with Crippen molar-refractivity contribution in [1.82, 2.24) is 0 Å². The average Bonchev–Trinajstić information content (AvgIpc) is 2.79. The number of carbonyl (C=O) groups is 1. The summed E-state index contributed by atoms with van der Waals surface area (Å²) in [5, 5.41) is 2.64. The van der Waals surface area contributed by atoms with Crippen molar-refractivity contribution >= 4 is 24.7 Å². The molecule has 0 saturated heterocycles. The number of carbonyl (C=O) groups excluding carboxylic acids is 1. The molecule has 0 aliphatic carbocycles. The topological polar surface area (TPSA) is 44.8 Å². The molecule has 5 heteroatoms. The van der Waals surface area contributed by atoms with Crippen LogP contribution in [0.5, 0.6) is 0 Å². The molecule has 1 heterocycles. The maximum atomic E-state index is 11.3. The Morgan fingerprint density at radius 3 is 2.18 bits per heavy atom. The monoisotopic (exact) mass is 480 g/mol. The van der Waals surface area contributed by atoms with E-state index in [1.165, 1.54) is 17.3 Å². The average molecular weight is 481 g/mol. The van der Waals surface area contributed by atoms with Gasteiger partial charge in [0.05, 0.1) is 6.26 Å². The molecule has 1 aliphatic heterocycles. The highest BCUT2D eigenvalue weighted by Gasteiger charge is 2.49. The molecule has 0 amide bonds. The number of esters is 1. The molecule has 34 heavy (non-hydrogen) atoms. The molecule has 0 aromatic heterocycles. The fourth-order valence-electron chi connectivity index (χ4n) is 5.07. The van der Waals surface area contributed by atoms with Gasteiger partial charge in [0.1, 0.15) is 12.2 Å². The third-order valence-electron chi connectivity index (χ3n) is 6.62. The number of hydrogen-bond acceptors (Lipinski definition) is 4. The Bertz CT molecular complexity index is 881. The molecule has 2 aromatic rings. The van der Waals surface area contributed by atoms with Crippen molar-refractivity contribution < 1.29 is 18.7 Å². The Morgan fingerprint density at radius 1 is 1.06 bits per heavy atom. The van der Waals surface area contributed by atoms with Crippen molar-refractivity contribution in [3.8, 4) is 0 Å². The van der Waals surface area contributed by atoms with Gasteiger partial charge in [0, 0.05) is 20.0 Å². The molecule has 0 fully saturated rings. The van der Waals surface area contributed by atoms with Crippen LogP contribution in [0.15, 0.2) is 73.0 Å². The van der Waals surface area contributed by atoms with Crippen LogP contribution in [0, 0.1) is 5.92 Å². The second kappa shape index (κ2) is 11.9. The summed E-state index contributed by atoms with van der Waals surface area (Å²) >= 11 is 0. The van der Waals surface area contributed by atoms with Crippen molar-refractivity contribution in [3.05, 3.63) is 73.0 Å². The SMILES string of the molecule is CC(=O)O[C@@H]1C=CO[C@H](C[C@@H](C)CCCO[Si](c2ccccc2)(c2ccccc2)C(C)(C)C)C1. The van der Waals surface area contributed by atoms with E-state index >= 15 is 0 Å². The van der Waals surface area contributed by atoms with E-state index in [0.717, 1.165) is 32.3 Å². The Labute approximate surface area is 206 Å². The predicted octanol–water partition coefficient (Wildman–Crippen LogP) is 5.60. The van der Waals surface area contributed by atoms with Crippen LogP contribution in [0.4, 0.5) is 0 Å². The number of rotatable bonds is 10. The van der Waals surface area contributed by atoms with Gasteiger partial charge in [-0.05, 0) is 46.7 Å². The number of ether oxygens (including phenoxy) is 2. The van der Waals surface area contributed by atoms with Crippen LogP contribution in [0.1, 0.15) is 60.3 Å². The van der Waals surface area contributed by atoms with Gasteiger partial charge in [0.15, 0.2) is 0 Å². The van der Waals surface area contributed by atoms with Gasteiger partial charge in [-0.1, -0.05) is 88.4 Å². The fraction of sp³-hybridized carbons (Fsp3) is 0.483. The molecular formula is C29H40O4Si. The Kier molecular flexibility index (Phi) is 9.14. The molecule has 2 aromatic carbocycles. The smallest absolute Gasteiger partial charge is 0.303 e. The first-order chi connectivity index (χ1) is 16.2. The zero-order valence-corrected chi connectivity index (χ0v) is 22.3. The molecule has 0 spiro atoms. The lowest BCUT2D eigenvalue weighted by Gasteiger charge is -2.43. The quantitative estimate of drug-likeness (QED) is 0.252. The highest BCUT2D eigenvalue weighted by Crippen LogP contribution is 2.37. The maximum Gasteiger partial charge on any atom is 0.303 e. The molecular weight excluding hydrogens is 440 g/mol. The highest BCUT2D eigenvalue weighted by molar-refractivity contribution is 6.99. The summed E-state index contributed by atoms with van der Waals surface area (Å²) in [5.74, 6) is 0.251. The van der Waals surface area contributed by atoms with Crippen LogP contribution >= 0.6 is 0 Å². The third-order valence-corrected chi connectivity index (χ3v) is 11.7. The maximum absolute atomic E-state index is 11.3. The summed E-state index contributed by atoms with van der Waals surface area (Å²) in [7, 11) is -2.47. The minimum absolute atomic E-state index is 0.00464. The fourth-order valence-corrected chi connectivity index (χ4v) is 9.68. The molecule has 0 radical (unpaired) electrons. The van der Waals surface area contributed by atoms with Gasteiger partial charge in [0.2, 0.25) is 0 Å². The van der Waals surface area contributed by atoms with E-state index in [0.29, 0.717) is 5.92 Å². The molecule has 0 unspecified atom stereocenters. The zero-order chi connectivity index (χ0) is 24.6. The van der Waals surface area contributed by atoms with Gasteiger partial charge < -0.3 is 13.9 Å². The normalized spacial score (nSPS) is 19.3. The van der Waals surface area contributed by atoms with Crippen LogP contribution in [-0.2, 0) is 18.7 Å². The summed E-state index contributed by atoms with van der Waals surface area (Å²) in [5.41, 5.74) is 0. The lowest BCUT2D eigenvalue weighted by Crippen LogP contribution is -2.66. The summed E-state index contributed by atoms with van der Waals surface area (Å²) < 4.78 is 18.1. The lowest BCUT2D eigenvalue weighted by atomic mass is 9.95. The van der Waals surface area contributed by atoms with Gasteiger partial charge in [-0.3, -0.25) is 4.79 Å².